The lowest BCUT2D eigenvalue weighted by Crippen LogP contribution is -2.40. The van der Waals surface area contributed by atoms with Crippen LogP contribution >= 0.6 is 24.0 Å². The van der Waals surface area contributed by atoms with E-state index in [0.29, 0.717) is 33.8 Å². The second kappa shape index (κ2) is 10.8. The number of aromatic nitrogens is 1. The summed E-state index contributed by atoms with van der Waals surface area (Å²) in [5, 5.41) is 9.76. The first kappa shape index (κ1) is 25.2. The number of pyridine rings is 1. The molecule has 1 amide bonds. The van der Waals surface area contributed by atoms with Gasteiger partial charge in [-0.25, -0.2) is 0 Å². The van der Waals surface area contributed by atoms with E-state index in [-0.39, 0.29) is 17.0 Å². The zero-order valence-electron chi connectivity index (χ0n) is 20.4. The summed E-state index contributed by atoms with van der Waals surface area (Å²) in [6.45, 7) is 8.58. The molecule has 0 N–H and O–H groups in total. The van der Waals surface area contributed by atoms with Crippen LogP contribution in [0.4, 0.5) is 5.82 Å². The first-order valence-electron chi connectivity index (χ1n) is 12.1. The maximum atomic E-state index is 13.4. The molecule has 4 rings (SSSR count). The Morgan fingerprint density at radius 1 is 1.26 bits per heavy atom. The Bertz CT molecular complexity index is 1280. The highest BCUT2D eigenvalue weighted by Crippen LogP contribution is 2.36. The summed E-state index contributed by atoms with van der Waals surface area (Å²) in [6, 6.07) is 12.1. The molecule has 0 saturated carbocycles. The number of amides is 1. The average Bonchev–Trinajstić information content (AvgIpc) is 3.12. The second-order valence-electron chi connectivity index (χ2n) is 9.16. The van der Waals surface area contributed by atoms with E-state index in [1.54, 1.807) is 16.4 Å². The summed E-state index contributed by atoms with van der Waals surface area (Å²) < 4.78 is 2.22. The third-order valence-electron chi connectivity index (χ3n) is 6.74. The highest BCUT2D eigenvalue weighted by Gasteiger charge is 2.33. The number of benzene rings is 1. The predicted octanol–water partition coefficient (Wildman–Crippen LogP) is 4.73. The number of nitriles is 1. The molecule has 1 atom stereocenters. The SMILES string of the molecule is CCn1c(N2CCCC(C)C2)c(C=C2SC(=S)N(CCc3ccccc3)C2=O)c(C)c(C#N)c1=O. The van der Waals surface area contributed by atoms with Crippen LogP contribution in [0.15, 0.2) is 40.0 Å². The third kappa shape index (κ3) is 5.07. The second-order valence-corrected chi connectivity index (χ2v) is 10.8. The third-order valence-corrected chi connectivity index (χ3v) is 8.11. The van der Waals surface area contributed by atoms with Gasteiger partial charge >= 0.3 is 0 Å². The van der Waals surface area contributed by atoms with Crippen molar-refractivity contribution >= 4 is 46.1 Å². The molecule has 2 fully saturated rings. The van der Waals surface area contributed by atoms with Gasteiger partial charge in [0.15, 0.2) is 0 Å². The number of thioether (sulfide) groups is 1. The molecule has 3 heterocycles. The lowest BCUT2D eigenvalue weighted by Gasteiger charge is -2.35. The summed E-state index contributed by atoms with van der Waals surface area (Å²) in [5.74, 6) is 1.18. The molecule has 0 radical (unpaired) electrons. The van der Waals surface area contributed by atoms with E-state index in [1.165, 1.54) is 11.8 Å². The van der Waals surface area contributed by atoms with Crippen LogP contribution < -0.4 is 10.5 Å². The molecule has 182 valence electrons. The Balaban J connectivity index is 1.75. The van der Waals surface area contributed by atoms with Crippen LogP contribution in [0.25, 0.3) is 6.08 Å². The number of piperidine rings is 1. The van der Waals surface area contributed by atoms with Crippen LogP contribution in [0.5, 0.6) is 0 Å². The Labute approximate surface area is 216 Å². The minimum Gasteiger partial charge on any atom is -0.357 e. The fraction of sp³-hybridized carbons (Fsp3) is 0.407. The molecule has 2 aromatic rings. The number of hydrogen-bond donors (Lipinski definition) is 0. The zero-order valence-corrected chi connectivity index (χ0v) is 22.0. The van der Waals surface area contributed by atoms with Gasteiger partial charge in [0.05, 0.1) is 4.91 Å². The number of nitrogens with zero attached hydrogens (tertiary/aromatic N) is 4. The number of hydrogen-bond acceptors (Lipinski definition) is 6. The summed E-state index contributed by atoms with van der Waals surface area (Å²) in [7, 11) is 0. The maximum Gasteiger partial charge on any atom is 0.270 e. The van der Waals surface area contributed by atoms with Crippen LogP contribution in [0.3, 0.4) is 0 Å². The van der Waals surface area contributed by atoms with Gasteiger partial charge in [0.25, 0.3) is 11.5 Å². The van der Waals surface area contributed by atoms with Crippen molar-refractivity contribution in [1.29, 1.82) is 5.26 Å². The highest BCUT2D eigenvalue weighted by atomic mass is 32.2. The van der Waals surface area contributed by atoms with Crippen LogP contribution in [-0.2, 0) is 17.8 Å². The average molecular weight is 507 g/mol. The fourth-order valence-electron chi connectivity index (χ4n) is 4.87. The molecule has 8 heteroatoms. The smallest absolute Gasteiger partial charge is 0.270 e. The Kier molecular flexibility index (Phi) is 7.78. The molecule has 0 spiro atoms. The lowest BCUT2D eigenvalue weighted by molar-refractivity contribution is -0.122. The molecule has 35 heavy (non-hydrogen) atoms. The topological polar surface area (TPSA) is 69.3 Å². The van der Waals surface area contributed by atoms with E-state index < -0.39 is 0 Å². The lowest BCUT2D eigenvalue weighted by atomic mass is 9.98. The summed E-state index contributed by atoms with van der Waals surface area (Å²) in [6.07, 6.45) is 4.75. The number of carbonyl (C=O) groups excluding carboxylic acids is 1. The monoisotopic (exact) mass is 506 g/mol. The normalized spacial score (nSPS) is 19.5. The molecule has 1 unspecified atom stereocenters. The largest absolute Gasteiger partial charge is 0.357 e. The molecule has 2 aliphatic rings. The van der Waals surface area contributed by atoms with Crippen LogP contribution in [0.2, 0.25) is 0 Å². The van der Waals surface area contributed by atoms with Gasteiger partial charge in [0.2, 0.25) is 0 Å². The maximum absolute atomic E-state index is 13.4. The summed E-state index contributed by atoms with van der Waals surface area (Å²) in [4.78, 5) is 31.0. The van der Waals surface area contributed by atoms with Gasteiger partial charge in [-0.05, 0) is 56.2 Å². The van der Waals surface area contributed by atoms with Gasteiger partial charge in [-0.15, -0.1) is 0 Å². The van der Waals surface area contributed by atoms with Gasteiger partial charge in [-0.2, -0.15) is 5.26 Å². The molecule has 2 saturated heterocycles. The molecule has 6 nitrogen and oxygen atoms in total. The van der Waals surface area contributed by atoms with Crippen molar-refractivity contribution in [1.82, 2.24) is 9.47 Å². The number of carbonyl (C=O) groups is 1. The molecule has 0 bridgehead atoms. The Hall–Kier alpha value is -2.89. The minimum absolute atomic E-state index is 0.124. The molecule has 1 aromatic carbocycles. The molecule has 1 aromatic heterocycles. The van der Waals surface area contributed by atoms with E-state index in [1.807, 2.05) is 43.3 Å². The highest BCUT2D eigenvalue weighted by molar-refractivity contribution is 8.26. The van der Waals surface area contributed by atoms with E-state index in [2.05, 4.69) is 17.9 Å². The molecule has 2 aliphatic heterocycles. The van der Waals surface area contributed by atoms with Crippen molar-refractivity contribution in [3.05, 3.63) is 67.8 Å². The molecular formula is C27H30N4O2S2. The summed E-state index contributed by atoms with van der Waals surface area (Å²) in [5.41, 5.74) is 2.39. The van der Waals surface area contributed by atoms with Crippen molar-refractivity contribution in [2.75, 3.05) is 24.5 Å². The van der Waals surface area contributed by atoms with Crippen molar-refractivity contribution in [3.8, 4) is 6.07 Å². The first-order chi connectivity index (χ1) is 16.8. The minimum atomic E-state index is -0.270. The van der Waals surface area contributed by atoms with Gasteiger partial charge in [-0.3, -0.25) is 19.1 Å². The van der Waals surface area contributed by atoms with Crippen molar-refractivity contribution in [2.45, 2.75) is 46.6 Å². The van der Waals surface area contributed by atoms with Gasteiger partial charge in [0.1, 0.15) is 21.8 Å². The fourth-order valence-corrected chi connectivity index (χ4v) is 6.16. The van der Waals surface area contributed by atoms with Gasteiger partial charge < -0.3 is 4.90 Å². The summed E-state index contributed by atoms with van der Waals surface area (Å²) >= 11 is 6.85. The van der Waals surface area contributed by atoms with Crippen LogP contribution in [0.1, 0.15) is 48.9 Å². The van der Waals surface area contributed by atoms with Crippen molar-refractivity contribution in [2.24, 2.45) is 5.92 Å². The Morgan fingerprint density at radius 2 is 2.00 bits per heavy atom. The molecular weight excluding hydrogens is 476 g/mol. The quantitative estimate of drug-likeness (QED) is 0.417. The van der Waals surface area contributed by atoms with Gasteiger partial charge in [-0.1, -0.05) is 61.2 Å². The first-order valence-corrected chi connectivity index (χ1v) is 13.3. The molecule has 0 aliphatic carbocycles. The predicted molar refractivity (Wildman–Crippen MR) is 146 cm³/mol. The van der Waals surface area contributed by atoms with Crippen molar-refractivity contribution < 1.29 is 4.79 Å². The van der Waals surface area contributed by atoms with E-state index in [9.17, 15) is 14.9 Å². The van der Waals surface area contributed by atoms with Crippen LogP contribution in [0, 0.1) is 24.2 Å². The van der Waals surface area contributed by atoms with E-state index in [4.69, 9.17) is 12.2 Å². The zero-order chi connectivity index (χ0) is 25.1. The number of rotatable bonds is 6. The number of thiocarbonyl (C=S) groups is 1. The van der Waals surface area contributed by atoms with E-state index >= 15 is 0 Å². The Morgan fingerprint density at radius 3 is 2.66 bits per heavy atom. The standard InChI is InChI=1S/C27H30N4O2S2/c1-4-30-24(29-13-8-9-18(2)17-29)21(19(3)22(16-28)25(30)32)15-23-26(33)31(27(34)35-23)14-12-20-10-6-5-7-11-20/h5-7,10-11,15,18H,4,8-9,12-14,17H2,1-3H3. The van der Waals surface area contributed by atoms with Crippen LogP contribution in [-0.4, -0.2) is 39.3 Å². The van der Waals surface area contributed by atoms with Crippen molar-refractivity contribution in [3.63, 3.8) is 0 Å². The van der Waals surface area contributed by atoms with Gasteiger partial charge in [0, 0.05) is 31.7 Å². The van der Waals surface area contributed by atoms with E-state index in [0.717, 1.165) is 49.3 Å². The number of anilines is 1.